The van der Waals surface area contributed by atoms with Crippen LogP contribution in [0, 0.1) is 0 Å². The fourth-order valence-electron chi connectivity index (χ4n) is 1.42. The molecule has 1 rings (SSSR count). The first-order valence-electron chi connectivity index (χ1n) is 5.52. The Morgan fingerprint density at radius 3 is 2.44 bits per heavy atom. The van der Waals surface area contributed by atoms with Gasteiger partial charge < -0.3 is 11.1 Å². The second-order valence-corrected chi connectivity index (χ2v) is 3.95. The van der Waals surface area contributed by atoms with Gasteiger partial charge in [0.2, 0.25) is 5.91 Å². The highest BCUT2D eigenvalue weighted by Crippen LogP contribution is 2.18. The van der Waals surface area contributed by atoms with Crippen LogP contribution in [-0.2, 0) is 11.2 Å². The van der Waals surface area contributed by atoms with Crippen molar-refractivity contribution in [2.45, 2.75) is 25.1 Å². The Balaban J connectivity index is 2.34. The number of benzene rings is 1. The van der Waals surface area contributed by atoms with Gasteiger partial charge in [-0.05, 0) is 12.0 Å². The molecule has 3 nitrogen and oxygen atoms in total. The highest BCUT2D eigenvalue weighted by atomic mass is 19.4. The Bertz CT molecular complexity index is 379. The largest absolute Gasteiger partial charge is 0.390 e. The summed E-state index contributed by atoms with van der Waals surface area (Å²) in [5.74, 6) is -0.567. The molecule has 1 amide bonds. The molecule has 0 heterocycles. The van der Waals surface area contributed by atoms with E-state index in [-0.39, 0.29) is 0 Å². The van der Waals surface area contributed by atoms with Crippen LogP contribution in [0.4, 0.5) is 13.2 Å². The predicted octanol–water partition coefficient (Wildman–Crippen LogP) is 1.63. The average molecular weight is 260 g/mol. The molecule has 1 aromatic rings. The molecule has 0 spiro atoms. The van der Waals surface area contributed by atoms with Crippen LogP contribution < -0.4 is 11.1 Å². The Morgan fingerprint density at radius 2 is 1.89 bits per heavy atom. The third-order valence-corrected chi connectivity index (χ3v) is 2.34. The van der Waals surface area contributed by atoms with Gasteiger partial charge in [0.05, 0.1) is 12.5 Å². The smallest absolute Gasteiger partial charge is 0.354 e. The molecule has 0 aliphatic heterocycles. The van der Waals surface area contributed by atoms with E-state index in [1.807, 2.05) is 30.3 Å². The van der Waals surface area contributed by atoms with E-state index in [1.54, 1.807) is 0 Å². The molecule has 1 aromatic carbocycles. The summed E-state index contributed by atoms with van der Waals surface area (Å²) in [6, 6.07) is 8.23. The molecule has 100 valence electrons. The Kier molecular flexibility index (Phi) is 5.15. The number of carbonyl (C=O) groups excluding carboxylic acids is 1. The summed E-state index contributed by atoms with van der Waals surface area (Å²) in [6.45, 7) is -0.440. The Labute approximate surface area is 103 Å². The lowest BCUT2D eigenvalue weighted by atomic mass is 10.1. The first-order valence-corrected chi connectivity index (χ1v) is 5.52. The molecule has 0 radical (unpaired) electrons. The maximum absolute atomic E-state index is 11.9. The van der Waals surface area contributed by atoms with Gasteiger partial charge in [0, 0.05) is 6.54 Å². The van der Waals surface area contributed by atoms with Gasteiger partial charge in [0.25, 0.3) is 0 Å². The van der Waals surface area contributed by atoms with Gasteiger partial charge >= 0.3 is 6.18 Å². The quantitative estimate of drug-likeness (QED) is 0.845. The molecular weight excluding hydrogens is 245 g/mol. The first kappa shape index (κ1) is 14.5. The fraction of sp³-hybridized carbons (Fsp3) is 0.417. The molecular formula is C12H15F3N2O. The second-order valence-electron chi connectivity index (χ2n) is 3.95. The number of hydrogen-bond donors (Lipinski definition) is 2. The molecule has 0 saturated carbocycles. The van der Waals surface area contributed by atoms with Crippen LogP contribution in [0.15, 0.2) is 30.3 Å². The number of amides is 1. The Hall–Kier alpha value is -1.56. The van der Waals surface area contributed by atoms with Gasteiger partial charge in [0.1, 0.15) is 0 Å². The van der Waals surface area contributed by atoms with Gasteiger partial charge in [-0.2, -0.15) is 13.2 Å². The van der Waals surface area contributed by atoms with Crippen molar-refractivity contribution in [3.8, 4) is 0 Å². The summed E-state index contributed by atoms with van der Waals surface area (Å²) in [7, 11) is 0. The number of alkyl halides is 3. The van der Waals surface area contributed by atoms with Crippen molar-refractivity contribution in [2.24, 2.45) is 5.73 Å². The summed E-state index contributed by atoms with van der Waals surface area (Å²) < 4.78 is 35.6. The lowest BCUT2D eigenvalue weighted by Crippen LogP contribution is -2.43. The molecule has 0 saturated heterocycles. The minimum absolute atomic E-state index is 0.304. The van der Waals surface area contributed by atoms with E-state index in [0.29, 0.717) is 6.42 Å². The van der Waals surface area contributed by atoms with E-state index in [0.717, 1.165) is 5.56 Å². The molecule has 1 atom stereocenters. The molecule has 0 aliphatic rings. The number of hydrogen-bond acceptors (Lipinski definition) is 2. The molecule has 0 fully saturated rings. The van der Waals surface area contributed by atoms with E-state index in [4.69, 9.17) is 5.73 Å². The number of nitrogens with one attached hydrogen (secondary N) is 1. The number of nitrogens with two attached hydrogens (primary N) is 1. The standard InChI is InChI=1S/C12H15F3N2O/c13-12(14,15)6-7-17-11(18)10(16)8-9-4-2-1-3-5-9/h1-5,10H,6-8,16H2,(H,17,18)/t10-/m0/s1. The summed E-state index contributed by atoms with van der Waals surface area (Å²) in [4.78, 5) is 11.4. The lowest BCUT2D eigenvalue weighted by Gasteiger charge is -2.13. The van der Waals surface area contributed by atoms with Crippen molar-refractivity contribution in [1.29, 1.82) is 0 Å². The van der Waals surface area contributed by atoms with Crippen LogP contribution in [0.2, 0.25) is 0 Å². The topological polar surface area (TPSA) is 55.1 Å². The molecule has 0 aliphatic carbocycles. The minimum atomic E-state index is -4.27. The first-order chi connectivity index (χ1) is 8.38. The molecule has 6 heteroatoms. The summed E-state index contributed by atoms with van der Waals surface area (Å²) >= 11 is 0. The average Bonchev–Trinajstić information content (AvgIpc) is 2.28. The van der Waals surface area contributed by atoms with E-state index < -0.39 is 31.1 Å². The van der Waals surface area contributed by atoms with Gasteiger partial charge in [-0.1, -0.05) is 30.3 Å². The van der Waals surface area contributed by atoms with Crippen LogP contribution in [0.3, 0.4) is 0 Å². The zero-order chi connectivity index (χ0) is 13.6. The van der Waals surface area contributed by atoms with Crippen LogP contribution in [0.1, 0.15) is 12.0 Å². The van der Waals surface area contributed by atoms with E-state index >= 15 is 0 Å². The maximum Gasteiger partial charge on any atom is 0.390 e. The van der Waals surface area contributed by atoms with Gasteiger partial charge in [-0.25, -0.2) is 0 Å². The predicted molar refractivity (Wildman–Crippen MR) is 61.8 cm³/mol. The van der Waals surface area contributed by atoms with Crippen LogP contribution in [0.25, 0.3) is 0 Å². The van der Waals surface area contributed by atoms with Crippen LogP contribution in [-0.4, -0.2) is 24.7 Å². The van der Waals surface area contributed by atoms with E-state index in [1.165, 1.54) is 0 Å². The number of rotatable bonds is 5. The summed E-state index contributed by atoms with van der Waals surface area (Å²) in [6.07, 6.45) is -5.01. The number of carbonyl (C=O) groups is 1. The van der Waals surface area contributed by atoms with Crippen molar-refractivity contribution in [3.05, 3.63) is 35.9 Å². The zero-order valence-electron chi connectivity index (χ0n) is 9.70. The third-order valence-electron chi connectivity index (χ3n) is 2.34. The number of halogens is 3. The molecule has 0 unspecified atom stereocenters. The van der Waals surface area contributed by atoms with E-state index in [2.05, 4.69) is 5.32 Å². The molecule has 3 N–H and O–H groups in total. The van der Waals surface area contributed by atoms with Crippen LogP contribution >= 0.6 is 0 Å². The SMILES string of the molecule is N[C@@H](Cc1ccccc1)C(=O)NCCC(F)(F)F. The van der Waals surface area contributed by atoms with E-state index in [9.17, 15) is 18.0 Å². The molecule has 0 aromatic heterocycles. The zero-order valence-corrected chi connectivity index (χ0v) is 9.70. The monoisotopic (exact) mass is 260 g/mol. The van der Waals surface area contributed by atoms with Crippen LogP contribution in [0.5, 0.6) is 0 Å². The minimum Gasteiger partial charge on any atom is -0.354 e. The summed E-state index contributed by atoms with van der Waals surface area (Å²) in [5.41, 5.74) is 6.48. The van der Waals surface area contributed by atoms with Crippen molar-refractivity contribution in [3.63, 3.8) is 0 Å². The highest BCUT2D eigenvalue weighted by molar-refractivity contribution is 5.81. The normalized spacial score (nSPS) is 13.1. The van der Waals surface area contributed by atoms with Gasteiger partial charge in [-0.15, -0.1) is 0 Å². The Morgan fingerprint density at radius 1 is 1.28 bits per heavy atom. The lowest BCUT2D eigenvalue weighted by molar-refractivity contribution is -0.135. The summed E-state index contributed by atoms with van der Waals surface area (Å²) in [5, 5.41) is 2.18. The third kappa shape index (κ3) is 5.67. The second kappa shape index (κ2) is 6.39. The van der Waals surface area contributed by atoms with Crippen molar-refractivity contribution >= 4 is 5.91 Å². The maximum atomic E-state index is 11.9. The van der Waals surface area contributed by atoms with Gasteiger partial charge in [0.15, 0.2) is 0 Å². The van der Waals surface area contributed by atoms with Gasteiger partial charge in [-0.3, -0.25) is 4.79 Å². The highest BCUT2D eigenvalue weighted by Gasteiger charge is 2.27. The van der Waals surface area contributed by atoms with Crippen molar-refractivity contribution in [1.82, 2.24) is 5.32 Å². The molecule has 0 bridgehead atoms. The fourth-order valence-corrected chi connectivity index (χ4v) is 1.42. The molecule has 18 heavy (non-hydrogen) atoms. The van der Waals surface area contributed by atoms with Crippen molar-refractivity contribution < 1.29 is 18.0 Å². The van der Waals surface area contributed by atoms with Crippen molar-refractivity contribution in [2.75, 3.05) is 6.54 Å².